The van der Waals surface area contributed by atoms with Gasteiger partial charge in [-0.25, -0.2) is 4.39 Å². The molecule has 0 aliphatic carbocycles. The Hall–Kier alpha value is -1.16. The summed E-state index contributed by atoms with van der Waals surface area (Å²) in [6.45, 7) is 0. The maximum atomic E-state index is 12.9. The molecule has 1 atom stereocenters. The molecule has 0 bridgehead atoms. The number of hydrogen-bond donors (Lipinski definition) is 1. The molecular weight excluding hydrogens is 286 g/mol. The van der Waals surface area contributed by atoms with Crippen molar-refractivity contribution in [3.8, 4) is 0 Å². The summed E-state index contributed by atoms with van der Waals surface area (Å²) >= 11 is 11.9. The normalized spacial score (nSPS) is 12.4. The molecule has 19 heavy (non-hydrogen) atoms. The summed E-state index contributed by atoms with van der Waals surface area (Å²) in [6.07, 6.45) is 1.92. The van der Waals surface area contributed by atoms with Gasteiger partial charge in [0.15, 0.2) is 0 Å². The van der Waals surface area contributed by atoms with Crippen LogP contribution in [0.25, 0.3) is 0 Å². The van der Waals surface area contributed by atoms with E-state index in [1.807, 2.05) is 19.2 Å². The first-order chi connectivity index (χ1) is 9.10. The highest BCUT2D eigenvalue weighted by atomic mass is 35.5. The number of likely N-dealkylation sites (N-methyl/N-ethyl adjacent to an activating group) is 1. The third kappa shape index (κ3) is 3.66. The maximum Gasteiger partial charge on any atom is 0.141 e. The minimum Gasteiger partial charge on any atom is -0.311 e. The SMILES string of the molecule is CNC(Cc1ccc(Cl)c(Cl)c1)c1ccc(F)cn1. The second-order valence-electron chi connectivity index (χ2n) is 4.20. The summed E-state index contributed by atoms with van der Waals surface area (Å²) < 4.78 is 12.9. The lowest BCUT2D eigenvalue weighted by Gasteiger charge is -2.16. The van der Waals surface area contributed by atoms with E-state index in [2.05, 4.69) is 10.3 Å². The van der Waals surface area contributed by atoms with E-state index in [0.717, 1.165) is 11.3 Å². The first-order valence-corrected chi connectivity index (χ1v) is 6.58. The monoisotopic (exact) mass is 298 g/mol. The van der Waals surface area contributed by atoms with Crippen LogP contribution in [0.5, 0.6) is 0 Å². The van der Waals surface area contributed by atoms with Crippen molar-refractivity contribution in [2.75, 3.05) is 7.05 Å². The van der Waals surface area contributed by atoms with Gasteiger partial charge in [0.1, 0.15) is 5.82 Å². The molecule has 2 rings (SSSR count). The molecule has 0 saturated heterocycles. The summed E-state index contributed by atoms with van der Waals surface area (Å²) in [6, 6.07) is 8.59. The molecule has 0 aliphatic rings. The predicted octanol–water partition coefficient (Wildman–Crippen LogP) is 4.03. The van der Waals surface area contributed by atoms with Crippen molar-refractivity contribution < 1.29 is 4.39 Å². The first-order valence-electron chi connectivity index (χ1n) is 5.83. The molecule has 0 amide bonds. The van der Waals surface area contributed by atoms with Crippen LogP contribution in [0.3, 0.4) is 0 Å². The molecule has 1 aromatic heterocycles. The van der Waals surface area contributed by atoms with Gasteiger partial charge in [-0.2, -0.15) is 0 Å². The van der Waals surface area contributed by atoms with Crippen LogP contribution in [-0.2, 0) is 6.42 Å². The first kappa shape index (κ1) is 14.3. The lowest BCUT2D eigenvalue weighted by molar-refractivity contribution is 0.565. The molecule has 0 spiro atoms. The average molecular weight is 299 g/mol. The van der Waals surface area contributed by atoms with E-state index in [1.54, 1.807) is 12.1 Å². The third-order valence-corrected chi connectivity index (χ3v) is 3.62. The quantitative estimate of drug-likeness (QED) is 0.922. The summed E-state index contributed by atoms with van der Waals surface area (Å²) in [7, 11) is 1.84. The van der Waals surface area contributed by atoms with E-state index in [1.165, 1.54) is 12.3 Å². The zero-order chi connectivity index (χ0) is 13.8. The molecule has 5 heteroatoms. The van der Waals surface area contributed by atoms with Crippen molar-refractivity contribution in [1.29, 1.82) is 0 Å². The molecule has 1 N–H and O–H groups in total. The fourth-order valence-corrected chi connectivity index (χ4v) is 2.17. The number of nitrogens with zero attached hydrogens (tertiary/aromatic N) is 1. The van der Waals surface area contributed by atoms with Gasteiger partial charge < -0.3 is 5.32 Å². The average Bonchev–Trinajstić information content (AvgIpc) is 2.41. The van der Waals surface area contributed by atoms with Gasteiger partial charge >= 0.3 is 0 Å². The van der Waals surface area contributed by atoms with Gasteiger partial charge in [0.25, 0.3) is 0 Å². The minimum atomic E-state index is -0.340. The highest BCUT2D eigenvalue weighted by Crippen LogP contribution is 2.25. The van der Waals surface area contributed by atoms with E-state index in [-0.39, 0.29) is 11.9 Å². The molecule has 1 aromatic carbocycles. The maximum absolute atomic E-state index is 12.9. The molecule has 1 unspecified atom stereocenters. The van der Waals surface area contributed by atoms with Crippen LogP contribution in [0.1, 0.15) is 17.3 Å². The number of aromatic nitrogens is 1. The smallest absolute Gasteiger partial charge is 0.141 e. The number of pyridine rings is 1. The van der Waals surface area contributed by atoms with E-state index < -0.39 is 0 Å². The highest BCUT2D eigenvalue weighted by molar-refractivity contribution is 6.42. The Morgan fingerprint density at radius 1 is 1.21 bits per heavy atom. The Morgan fingerprint density at radius 2 is 2.00 bits per heavy atom. The topological polar surface area (TPSA) is 24.9 Å². The van der Waals surface area contributed by atoms with Crippen molar-refractivity contribution in [1.82, 2.24) is 10.3 Å². The third-order valence-electron chi connectivity index (χ3n) is 2.88. The molecule has 0 saturated carbocycles. The second kappa shape index (κ2) is 6.33. The Bertz CT molecular complexity index is 558. The molecule has 0 fully saturated rings. The van der Waals surface area contributed by atoms with Crippen LogP contribution in [0.15, 0.2) is 36.5 Å². The molecule has 0 aliphatic heterocycles. The van der Waals surface area contributed by atoms with E-state index in [9.17, 15) is 4.39 Å². The summed E-state index contributed by atoms with van der Waals surface area (Å²) in [5, 5.41) is 4.22. The number of halogens is 3. The Labute approximate surface area is 121 Å². The van der Waals surface area contributed by atoms with Crippen molar-refractivity contribution in [2.24, 2.45) is 0 Å². The zero-order valence-electron chi connectivity index (χ0n) is 10.3. The molecule has 2 aromatic rings. The van der Waals surface area contributed by atoms with Gasteiger partial charge in [-0.05, 0) is 43.3 Å². The van der Waals surface area contributed by atoms with E-state index in [4.69, 9.17) is 23.2 Å². The van der Waals surface area contributed by atoms with Crippen molar-refractivity contribution in [3.63, 3.8) is 0 Å². The number of hydrogen-bond acceptors (Lipinski definition) is 2. The number of nitrogens with one attached hydrogen (secondary N) is 1. The Balaban J connectivity index is 2.18. The van der Waals surface area contributed by atoms with E-state index >= 15 is 0 Å². The van der Waals surface area contributed by atoms with Crippen LogP contribution in [0, 0.1) is 5.82 Å². The van der Waals surface area contributed by atoms with Crippen molar-refractivity contribution in [2.45, 2.75) is 12.5 Å². The molecule has 1 heterocycles. The highest BCUT2D eigenvalue weighted by Gasteiger charge is 2.12. The summed E-state index contributed by atoms with van der Waals surface area (Å²) in [5.74, 6) is -0.340. The predicted molar refractivity (Wildman–Crippen MR) is 76.2 cm³/mol. The van der Waals surface area contributed by atoms with Gasteiger partial charge in [-0.15, -0.1) is 0 Å². The summed E-state index contributed by atoms with van der Waals surface area (Å²) in [4.78, 5) is 4.09. The fourth-order valence-electron chi connectivity index (χ4n) is 1.85. The van der Waals surface area contributed by atoms with Gasteiger partial charge in [0, 0.05) is 0 Å². The van der Waals surface area contributed by atoms with Gasteiger partial charge in [0.05, 0.1) is 28.0 Å². The largest absolute Gasteiger partial charge is 0.311 e. The zero-order valence-corrected chi connectivity index (χ0v) is 11.8. The molecule has 0 radical (unpaired) electrons. The fraction of sp³-hybridized carbons (Fsp3) is 0.214. The Morgan fingerprint density at radius 3 is 2.58 bits per heavy atom. The van der Waals surface area contributed by atoms with Crippen LogP contribution >= 0.6 is 23.2 Å². The minimum absolute atomic E-state index is 0.00200. The molecular formula is C14H13Cl2FN2. The molecule has 2 nitrogen and oxygen atoms in total. The number of rotatable bonds is 4. The lowest BCUT2D eigenvalue weighted by atomic mass is 10.0. The number of benzene rings is 1. The molecule has 100 valence electrons. The standard InChI is InChI=1S/C14H13Cl2FN2/c1-18-14(13-5-3-10(17)8-19-13)7-9-2-4-11(15)12(16)6-9/h2-6,8,14,18H,7H2,1H3. The lowest BCUT2D eigenvalue weighted by Crippen LogP contribution is -2.20. The van der Waals surface area contributed by atoms with Gasteiger partial charge in [-0.3, -0.25) is 4.98 Å². The van der Waals surface area contributed by atoms with Crippen LogP contribution in [0.2, 0.25) is 10.0 Å². The van der Waals surface area contributed by atoms with Gasteiger partial charge in [-0.1, -0.05) is 29.3 Å². The van der Waals surface area contributed by atoms with Crippen molar-refractivity contribution >= 4 is 23.2 Å². The Kier molecular flexibility index (Phi) is 4.75. The van der Waals surface area contributed by atoms with Gasteiger partial charge in [0.2, 0.25) is 0 Å². The van der Waals surface area contributed by atoms with Crippen molar-refractivity contribution in [3.05, 3.63) is 63.6 Å². The van der Waals surface area contributed by atoms with E-state index in [0.29, 0.717) is 16.5 Å². The van der Waals surface area contributed by atoms with Crippen LogP contribution < -0.4 is 5.32 Å². The summed E-state index contributed by atoms with van der Waals surface area (Å²) in [5.41, 5.74) is 1.83. The second-order valence-corrected chi connectivity index (χ2v) is 5.01. The van der Waals surface area contributed by atoms with Crippen LogP contribution in [-0.4, -0.2) is 12.0 Å². The van der Waals surface area contributed by atoms with Crippen LogP contribution in [0.4, 0.5) is 4.39 Å².